The first-order valence-corrected chi connectivity index (χ1v) is 36.2. The van der Waals surface area contributed by atoms with Gasteiger partial charge < -0.3 is 81.8 Å². The average molecular weight is 1490 g/mol. The van der Waals surface area contributed by atoms with Gasteiger partial charge in [0.2, 0.25) is 23.6 Å². The molecule has 4 aromatic carbocycles. The number of hydrogen-bond acceptors (Lipinski definition) is 20. The van der Waals surface area contributed by atoms with Gasteiger partial charge in [-0.05, 0) is 200 Å². The van der Waals surface area contributed by atoms with Crippen LogP contribution in [0.5, 0.6) is 23.0 Å². The molecule has 11 N–H and O–H groups in total. The molecule has 4 aliphatic rings. The maximum absolute atomic E-state index is 14.5. The summed E-state index contributed by atoms with van der Waals surface area (Å²) in [7, 11) is 6.12. The van der Waals surface area contributed by atoms with E-state index < -0.39 is 117 Å². The summed E-state index contributed by atoms with van der Waals surface area (Å²) in [4.78, 5) is 111. The summed E-state index contributed by atoms with van der Waals surface area (Å²) in [6.45, 7) is 24.7. The topological polar surface area (TPSA) is 360 Å². The molecule has 0 spiro atoms. The molecule has 4 aliphatic carbocycles. The van der Waals surface area contributed by atoms with Gasteiger partial charge >= 0.3 is 23.9 Å². The summed E-state index contributed by atoms with van der Waals surface area (Å²) in [6.07, 6.45) is 19.3. The Kier molecular flexibility index (Phi) is 26.8. The largest absolute Gasteiger partial charge is 0.496 e. The van der Waals surface area contributed by atoms with Gasteiger partial charge in [0.1, 0.15) is 45.4 Å². The number of ether oxygens (including phenoxy) is 8. The zero-order valence-electron chi connectivity index (χ0n) is 65.1. The highest BCUT2D eigenvalue weighted by atomic mass is 16.6. The molecule has 8 unspecified atom stereocenters. The standard InChI is InChI=1S/C85H104N8O16/c1-18-19-31-57(86)70(72-61(90-74(94)49-43-53(49)78(98)106-82(2,3)4)35-24-36-62(72)91-75(95)50-44-54(50)79(99)107-83(5,6)7)59(88)33-22-28-47(69-67(104-16)41-27-42-68(69)105-17)29-23-34-60(89)71(58(87)32-21-20-30-48-65(102-14)39-26-40-66(48)103-15)73-63(92-76(96)51-45-55(51)80(100)108-84(8,9)10)37-25-38-64(73)93-77(97)52-46-56(52)81(101)109-85(11,12)13/h18-19,21-29,31-42,49-56,88H,1,20,30,43-46,86-87,89H2,2-17H3,(H,90,94)(H,91,95)(H,92,96)(H,93,97)/b29-23+,31-19-,32-21-,33-22-,47-28-,60-34-,70-57+,71-58+,88-59?. The van der Waals surface area contributed by atoms with Crippen LogP contribution in [0.3, 0.4) is 0 Å². The second-order valence-corrected chi connectivity index (χ2v) is 31.1. The number of nitrogens with one attached hydrogen (secondary N) is 5. The van der Waals surface area contributed by atoms with Gasteiger partial charge in [-0.2, -0.15) is 0 Å². The average Bonchev–Trinajstić information content (AvgIpc) is 1.35. The highest BCUT2D eigenvalue weighted by molar-refractivity contribution is 6.31. The summed E-state index contributed by atoms with van der Waals surface area (Å²) in [5, 5.41) is 21.9. The number of anilines is 4. The van der Waals surface area contributed by atoms with Crippen molar-refractivity contribution in [1.82, 2.24) is 0 Å². The van der Waals surface area contributed by atoms with Crippen molar-refractivity contribution in [1.29, 1.82) is 5.41 Å². The van der Waals surface area contributed by atoms with E-state index in [0.717, 1.165) is 5.56 Å². The first-order chi connectivity index (χ1) is 51.3. The molecule has 0 saturated heterocycles. The highest BCUT2D eigenvalue weighted by Crippen LogP contribution is 2.48. The van der Waals surface area contributed by atoms with Crippen molar-refractivity contribution in [2.24, 2.45) is 64.5 Å². The van der Waals surface area contributed by atoms with Gasteiger partial charge in [0.25, 0.3) is 0 Å². The molecule has 4 fully saturated rings. The SMILES string of the molecule is C=C/C=C\C(N)=C(\C(=N)\C=C/C=C(/C=C/C=C(N)/C(=C(N)/C=C\CCc1c(OC)cccc1OC)c1c(NC(=O)C2CC2C(=O)OC(C)(C)C)cccc1NC(=O)C1CC1C(=O)OC(C)(C)C)c1c(OC)cccc1OC)c1c(NC(=O)C2CC2C(=O)OC(C)(C)C)cccc1NC(=O)C1CC1C(=O)OC(C)(C)C. The minimum Gasteiger partial charge on any atom is -0.496 e. The third-order valence-corrected chi connectivity index (χ3v) is 17.7. The van der Waals surface area contributed by atoms with Crippen molar-refractivity contribution in [3.63, 3.8) is 0 Å². The summed E-state index contributed by atoms with van der Waals surface area (Å²) >= 11 is 0. The molecule has 8 rings (SSSR count). The number of hydrogen-bond donors (Lipinski definition) is 8. The molecule has 0 aromatic heterocycles. The van der Waals surface area contributed by atoms with Crippen LogP contribution in [0.2, 0.25) is 0 Å². The Morgan fingerprint density at radius 1 is 0.431 bits per heavy atom. The first-order valence-electron chi connectivity index (χ1n) is 36.2. The van der Waals surface area contributed by atoms with E-state index in [9.17, 15) is 43.8 Å². The molecule has 109 heavy (non-hydrogen) atoms. The van der Waals surface area contributed by atoms with Crippen LogP contribution in [0.1, 0.15) is 137 Å². The van der Waals surface area contributed by atoms with Gasteiger partial charge in [-0.15, -0.1) is 0 Å². The predicted octanol–water partition coefficient (Wildman–Crippen LogP) is 13.4. The normalized spacial score (nSPS) is 20.2. The summed E-state index contributed by atoms with van der Waals surface area (Å²) in [5.74, 6) is -8.14. The van der Waals surface area contributed by atoms with Crippen LogP contribution in [-0.2, 0) is 63.7 Å². The molecule has 0 heterocycles. The van der Waals surface area contributed by atoms with Gasteiger partial charge in [0.15, 0.2) is 0 Å². The smallest absolute Gasteiger partial charge is 0.310 e. The van der Waals surface area contributed by atoms with Crippen LogP contribution in [0.25, 0.3) is 16.7 Å². The maximum atomic E-state index is 14.5. The van der Waals surface area contributed by atoms with E-state index in [-0.39, 0.29) is 93.5 Å². The second-order valence-electron chi connectivity index (χ2n) is 31.1. The Balaban J connectivity index is 1.26. The van der Waals surface area contributed by atoms with Crippen LogP contribution in [-0.4, -0.2) is 104 Å². The number of rotatable bonds is 31. The number of carbonyl (C=O) groups is 8. The molecule has 0 radical (unpaired) electrons. The summed E-state index contributed by atoms with van der Waals surface area (Å²) in [5.41, 5.74) is 21.0. The Morgan fingerprint density at radius 2 is 0.761 bits per heavy atom. The molecule has 580 valence electrons. The van der Waals surface area contributed by atoms with Gasteiger partial charge in [0.05, 0.1) is 110 Å². The molecule has 0 bridgehead atoms. The minimum absolute atomic E-state index is 0.00697. The Morgan fingerprint density at radius 3 is 1.11 bits per heavy atom. The van der Waals surface area contributed by atoms with E-state index >= 15 is 0 Å². The number of amides is 4. The lowest BCUT2D eigenvalue weighted by molar-refractivity contribution is -0.158. The molecular formula is C85H104N8O16. The lowest BCUT2D eigenvalue weighted by Crippen LogP contribution is -2.27. The number of esters is 4. The van der Waals surface area contributed by atoms with Crippen LogP contribution in [0, 0.1) is 52.8 Å². The summed E-state index contributed by atoms with van der Waals surface area (Å²) in [6, 6.07) is 20.3. The number of nitrogens with two attached hydrogens (primary N) is 3. The minimum atomic E-state index is -0.809. The second kappa shape index (κ2) is 35.1. The lowest BCUT2D eigenvalue weighted by atomic mass is 9.93. The van der Waals surface area contributed by atoms with Gasteiger partial charge in [-0.3, -0.25) is 38.4 Å². The third-order valence-electron chi connectivity index (χ3n) is 17.7. The molecule has 24 nitrogen and oxygen atoms in total. The zero-order chi connectivity index (χ0) is 80.2. The van der Waals surface area contributed by atoms with E-state index in [1.54, 1.807) is 194 Å². The molecule has 4 aromatic rings. The van der Waals surface area contributed by atoms with Crippen molar-refractivity contribution >= 4 is 92.7 Å². The predicted molar refractivity (Wildman–Crippen MR) is 422 cm³/mol. The van der Waals surface area contributed by atoms with E-state index in [1.807, 2.05) is 24.3 Å². The van der Waals surface area contributed by atoms with Crippen LogP contribution in [0.4, 0.5) is 22.7 Å². The van der Waals surface area contributed by atoms with Crippen LogP contribution in [0.15, 0.2) is 163 Å². The van der Waals surface area contributed by atoms with E-state index in [0.29, 0.717) is 47.0 Å². The molecule has 4 saturated carbocycles. The molecular weight excluding hydrogens is 1390 g/mol. The van der Waals surface area contributed by atoms with Gasteiger partial charge in [-0.25, -0.2) is 0 Å². The number of benzene rings is 4. The Bertz CT molecular complexity index is 4270. The third kappa shape index (κ3) is 22.6. The number of methoxy groups -OCH3 is 4. The van der Waals surface area contributed by atoms with Crippen LogP contribution >= 0.6 is 0 Å². The van der Waals surface area contributed by atoms with E-state index in [4.69, 9.17) is 55.1 Å². The fraction of sp³-hybridized carbons (Fsp3) is 0.400. The lowest BCUT2D eigenvalue weighted by Gasteiger charge is -2.21. The van der Waals surface area contributed by atoms with Crippen molar-refractivity contribution in [3.8, 4) is 23.0 Å². The fourth-order valence-electron chi connectivity index (χ4n) is 12.3. The van der Waals surface area contributed by atoms with Gasteiger partial charge in [0, 0.05) is 44.9 Å². The monoisotopic (exact) mass is 1490 g/mol. The van der Waals surface area contributed by atoms with E-state index in [2.05, 4.69) is 27.8 Å². The van der Waals surface area contributed by atoms with Crippen molar-refractivity contribution in [3.05, 3.63) is 186 Å². The Labute approximate surface area is 638 Å². The molecule has 24 heteroatoms. The molecule has 8 atom stereocenters. The maximum Gasteiger partial charge on any atom is 0.310 e. The number of carbonyl (C=O) groups excluding carboxylic acids is 8. The van der Waals surface area contributed by atoms with E-state index in [1.165, 1.54) is 32.4 Å². The van der Waals surface area contributed by atoms with Crippen molar-refractivity contribution in [2.45, 2.75) is 144 Å². The Hall–Kier alpha value is -11.4. The fourth-order valence-corrected chi connectivity index (χ4v) is 12.3. The quantitative estimate of drug-likeness (QED) is 0.0100. The zero-order valence-corrected chi connectivity index (χ0v) is 65.1. The van der Waals surface area contributed by atoms with Crippen LogP contribution < -0.4 is 57.4 Å². The van der Waals surface area contributed by atoms with Crippen molar-refractivity contribution < 1.29 is 76.3 Å². The molecule has 4 amide bonds. The molecule has 0 aliphatic heterocycles. The number of allylic oxidation sites excluding steroid dienone is 14. The van der Waals surface area contributed by atoms with Gasteiger partial charge in [-0.1, -0.05) is 73.4 Å². The first kappa shape index (κ1) is 83.2. The summed E-state index contributed by atoms with van der Waals surface area (Å²) < 4.78 is 45.9. The highest BCUT2D eigenvalue weighted by Gasteiger charge is 2.53. The van der Waals surface area contributed by atoms with Crippen molar-refractivity contribution in [2.75, 3.05) is 49.7 Å².